The second-order valence-electron chi connectivity index (χ2n) is 5.02. The lowest BCUT2D eigenvalue weighted by Crippen LogP contribution is -2.14. The highest BCUT2D eigenvalue weighted by Crippen LogP contribution is 2.26. The van der Waals surface area contributed by atoms with Gasteiger partial charge in [0, 0.05) is 5.02 Å². The summed E-state index contributed by atoms with van der Waals surface area (Å²) in [5.41, 5.74) is 3.51. The highest BCUT2D eigenvalue weighted by molar-refractivity contribution is 7.99. The van der Waals surface area contributed by atoms with Crippen LogP contribution in [0.15, 0.2) is 41.6 Å². The lowest BCUT2D eigenvalue weighted by molar-refractivity contribution is -0.113. The molecule has 2 aromatic carbocycles. The molecule has 3 rings (SSSR count). The van der Waals surface area contributed by atoms with E-state index in [-0.39, 0.29) is 11.7 Å². The minimum absolute atomic E-state index is 0.171. The average Bonchev–Trinajstić information content (AvgIpc) is 2.91. The number of fused-ring (bicyclic) bond motifs is 1. The van der Waals surface area contributed by atoms with Crippen molar-refractivity contribution in [1.82, 2.24) is 9.97 Å². The number of benzene rings is 2. The first-order valence-corrected chi connectivity index (χ1v) is 8.59. The molecule has 2 N–H and O–H groups in total. The van der Waals surface area contributed by atoms with Gasteiger partial charge in [0.05, 0.1) is 27.5 Å². The molecule has 0 atom stereocenters. The molecule has 0 bridgehead atoms. The third kappa shape index (κ3) is 3.99. The number of H-pyrrole nitrogens is 1. The van der Waals surface area contributed by atoms with Gasteiger partial charge in [-0.25, -0.2) is 4.98 Å². The van der Waals surface area contributed by atoms with Crippen molar-refractivity contribution in [3.63, 3.8) is 0 Å². The van der Waals surface area contributed by atoms with Gasteiger partial charge in [-0.3, -0.25) is 4.79 Å². The zero-order valence-electron chi connectivity index (χ0n) is 12.2. The SMILES string of the molecule is Cc1ccc2nc(SCC(=O)Nc3cc(Cl)ccc3Cl)[nH]c2c1. The lowest BCUT2D eigenvalue weighted by atomic mass is 10.2. The maximum absolute atomic E-state index is 12.0. The second-order valence-corrected chi connectivity index (χ2v) is 6.83. The number of hydrogen-bond donors (Lipinski definition) is 2. The largest absolute Gasteiger partial charge is 0.333 e. The Morgan fingerprint density at radius 3 is 2.91 bits per heavy atom. The van der Waals surface area contributed by atoms with E-state index in [0.29, 0.717) is 20.9 Å². The van der Waals surface area contributed by atoms with E-state index in [0.717, 1.165) is 16.6 Å². The number of rotatable bonds is 4. The Labute approximate surface area is 147 Å². The fourth-order valence-corrected chi connectivity index (χ4v) is 3.10. The molecule has 1 aromatic heterocycles. The van der Waals surface area contributed by atoms with E-state index in [1.54, 1.807) is 18.2 Å². The first-order chi connectivity index (χ1) is 11.0. The van der Waals surface area contributed by atoms with Crippen LogP contribution in [0.5, 0.6) is 0 Å². The van der Waals surface area contributed by atoms with Gasteiger partial charge in [0.2, 0.25) is 5.91 Å². The molecule has 0 radical (unpaired) electrons. The van der Waals surface area contributed by atoms with Crippen LogP contribution in [0.4, 0.5) is 5.69 Å². The molecule has 1 heterocycles. The standard InChI is InChI=1S/C16H13Cl2N3OS/c1-9-2-5-12-14(6-9)21-16(20-12)23-8-15(22)19-13-7-10(17)3-4-11(13)18/h2-7H,8H2,1H3,(H,19,22)(H,20,21). The second kappa shape index (κ2) is 6.83. The van der Waals surface area contributed by atoms with E-state index in [2.05, 4.69) is 15.3 Å². The van der Waals surface area contributed by atoms with E-state index in [1.165, 1.54) is 11.8 Å². The first kappa shape index (κ1) is 16.2. The number of anilines is 1. The van der Waals surface area contributed by atoms with Crippen molar-refractivity contribution >= 4 is 57.6 Å². The molecular formula is C16H13Cl2N3OS. The molecule has 0 aliphatic heterocycles. The van der Waals surface area contributed by atoms with Crippen LogP contribution in [0.1, 0.15) is 5.56 Å². The van der Waals surface area contributed by atoms with Crippen LogP contribution >= 0.6 is 35.0 Å². The van der Waals surface area contributed by atoms with E-state index in [4.69, 9.17) is 23.2 Å². The summed E-state index contributed by atoms with van der Waals surface area (Å²) < 4.78 is 0. The summed E-state index contributed by atoms with van der Waals surface area (Å²) in [6.07, 6.45) is 0. The lowest BCUT2D eigenvalue weighted by Gasteiger charge is -2.06. The monoisotopic (exact) mass is 365 g/mol. The quantitative estimate of drug-likeness (QED) is 0.645. The van der Waals surface area contributed by atoms with Crippen LogP contribution in [-0.2, 0) is 4.79 Å². The third-order valence-corrected chi connectivity index (χ3v) is 4.60. The topological polar surface area (TPSA) is 57.8 Å². The number of thioether (sulfide) groups is 1. The van der Waals surface area contributed by atoms with Crippen LogP contribution < -0.4 is 5.32 Å². The molecule has 0 saturated heterocycles. The van der Waals surface area contributed by atoms with Crippen LogP contribution in [0.25, 0.3) is 11.0 Å². The van der Waals surface area contributed by atoms with Crippen molar-refractivity contribution in [2.75, 3.05) is 11.1 Å². The van der Waals surface area contributed by atoms with Crippen molar-refractivity contribution in [2.24, 2.45) is 0 Å². The predicted octanol–water partition coefficient (Wildman–Crippen LogP) is 4.91. The van der Waals surface area contributed by atoms with Crippen molar-refractivity contribution in [1.29, 1.82) is 0 Å². The Kier molecular flexibility index (Phi) is 4.80. The molecule has 0 saturated carbocycles. The number of imidazole rings is 1. The summed E-state index contributed by atoms with van der Waals surface area (Å²) in [7, 11) is 0. The number of aromatic amines is 1. The van der Waals surface area contributed by atoms with Gasteiger partial charge < -0.3 is 10.3 Å². The molecule has 0 fully saturated rings. The Balaban J connectivity index is 1.64. The summed E-state index contributed by atoms with van der Waals surface area (Å²) >= 11 is 13.3. The van der Waals surface area contributed by atoms with Crippen molar-refractivity contribution in [3.05, 3.63) is 52.0 Å². The molecule has 1 amide bonds. The van der Waals surface area contributed by atoms with Crippen molar-refractivity contribution in [3.8, 4) is 0 Å². The number of halogens is 2. The van der Waals surface area contributed by atoms with Gasteiger partial charge in [0.25, 0.3) is 0 Å². The Bertz CT molecular complexity index is 879. The molecule has 0 aliphatic carbocycles. The van der Waals surface area contributed by atoms with E-state index in [1.807, 2.05) is 25.1 Å². The molecule has 0 unspecified atom stereocenters. The highest BCUT2D eigenvalue weighted by atomic mass is 35.5. The fraction of sp³-hybridized carbons (Fsp3) is 0.125. The van der Waals surface area contributed by atoms with Gasteiger partial charge >= 0.3 is 0 Å². The fourth-order valence-electron chi connectivity index (χ4n) is 2.08. The maximum Gasteiger partial charge on any atom is 0.234 e. The average molecular weight is 366 g/mol. The Morgan fingerprint density at radius 1 is 1.26 bits per heavy atom. The van der Waals surface area contributed by atoms with Crippen LogP contribution in [-0.4, -0.2) is 21.6 Å². The first-order valence-electron chi connectivity index (χ1n) is 6.85. The minimum atomic E-state index is -0.171. The normalized spacial score (nSPS) is 10.9. The van der Waals surface area contributed by atoms with Crippen molar-refractivity contribution < 1.29 is 4.79 Å². The smallest absolute Gasteiger partial charge is 0.234 e. The molecule has 3 aromatic rings. The highest BCUT2D eigenvalue weighted by Gasteiger charge is 2.09. The number of nitrogens with one attached hydrogen (secondary N) is 2. The van der Waals surface area contributed by atoms with Gasteiger partial charge in [-0.1, -0.05) is 41.0 Å². The number of carbonyl (C=O) groups excluding carboxylic acids is 1. The number of aryl methyl sites for hydroxylation is 1. The molecule has 118 valence electrons. The van der Waals surface area contributed by atoms with E-state index >= 15 is 0 Å². The van der Waals surface area contributed by atoms with Gasteiger partial charge in [-0.15, -0.1) is 0 Å². The van der Waals surface area contributed by atoms with Crippen LogP contribution in [0.2, 0.25) is 10.0 Å². The van der Waals surface area contributed by atoms with Crippen LogP contribution in [0.3, 0.4) is 0 Å². The van der Waals surface area contributed by atoms with Gasteiger partial charge in [0.15, 0.2) is 5.16 Å². The molecule has 23 heavy (non-hydrogen) atoms. The van der Waals surface area contributed by atoms with Gasteiger partial charge in [-0.05, 0) is 42.8 Å². The molecular weight excluding hydrogens is 353 g/mol. The summed E-state index contributed by atoms with van der Waals surface area (Å²) in [6, 6.07) is 10.9. The maximum atomic E-state index is 12.0. The number of amides is 1. The minimum Gasteiger partial charge on any atom is -0.333 e. The third-order valence-electron chi connectivity index (χ3n) is 3.16. The molecule has 4 nitrogen and oxygen atoms in total. The zero-order chi connectivity index (χ0) is 16.4. The summed E-state index contributed by atoms with van der Waals surface area (Å²) in [5, 5.41) is 4.42. The predicted molar refractivity (Wildman–Crippen MR) is 96.6 cm³/mol. The van der Waals surface area contributed by atoms with Crippen LogP contribution in [0, 0.1) is 6.92 Å². The Hall–Kier alpha value is -1.69. The number of hydrogen-bond acceptors (Lipinski definition) is 3. The van der Waals surface area contributed by atoms with E-state index in [9.17, 15) is 4.79 Å². The van der Waals surface area contributed by atoms with Gasteiger partial charge in [-0.2, -0.15) is 0 Å². The molecule has 7 heteroatoms. The molecule has 0 spiro atoms. The number of nitrogens with zero attached hydrogens (tertiary/aromatic N) is 1. The van der Waals surface area contributed by atoms with E-state index < -0.39 is 0 Å². The zero-order valence-corrected chi connectivity index (χ0v) is 14.5. The van der Waals surface area contributed by atoms with Crippen molar-refractivity contribution in [2.45, 2.75) is 12.1 Å². The Morgan fingerprint density at radius 2 is 2.09 bits per heavy atom. The van der Waals surface area contributed by atoms with Gasteiger partial charge in [0.1, 0.15) is 0 Å². The number of aromatic nitrogens is 2. The molecule has 0 aliphatic rings. The summed E-state index contributed by atoms with van der Waals surface area (Å²) in [5.74, 6) is 0.0533. The number of carbonyl (C=O) groups is 1. The summed E-state index contributed by atoms with van der Waals surface area (Å²) in [4.78, 5) is 19.7. The summed E-state index contributed by atoms with van der Waals surface area (Å²) in [6.45, 7) is 2.02.